The predicted molar refractivity (Wildman–Crippen MR) is 72.1 cm³/mol. The monoisotopic (exact) mass is 299 g/mol. The zero-order valence-corrected chi connectivity index (χ0v) is 11.9. The van der Waals surface area contributed by atoms with Crippen molar-refractivity contribution in [1.29, 1.82) is 0 Å². The molecule has 1 heterocycles. The Morgan fingerprint density at radius 3 is 2.76 bits per heavy atom. The first-order valence-electron chi connectivity index (χ1n) is 5.97. The van der Waals surface area contributed by atoms with Gasteiger partial charge < -0.3 is 9.64 Å². The maximum absolute atomic E-state index is 5.21. The number of alkyl halides is 1. The van der Waals surface area contributed by atoms with E-state index in [0.29, 0.717) is 11.9 Å². The molecule has 94 valence electrons. The molecule has 2 rings (SSSR count). The highest BCUT2D eigenvalue weighted by Crippen LogP contribution is 2.28. The Morgan fingerprint density at radius 2 is 2.24 bits per heavy atom. The van der Waals surface area contributed by atoms with Crippen LogP contribution in [-0.4, -0.2) is 35.0 Å². The SMILES string of the molecule is COc1cc(C)nc(N(CCBr)C2CCC2)n1. The molecule has 0 aromatic carbocycles. The highest BCUT2D eigenvalue weighted by molar-refractivity contribution is 9.09. The number of aromatic nitrogens is 2. The summed E-state index contributed by atoms with van der Waals surface area (Å²) in [6.07, 6.45) is 3.80. The summed E-state index contributed by atoms with van der Waals surface area (Å²) in [5.74, 6) is 1.44. The fourth-order valence-corrected chi connectivity index (χ4v) is 2.37. The van der Waals surface area contributed by atoms with Crippen molar-refractivity contribution in [3.05, 3.63) is 11.8 Å². The lowest BCUT2D eigenvalue weighted by atomic mass is 9.92. The van der Waals surface area contributed by atoms with Gasteiger partial charge >= 0.3 is 0 Å². The number of ether oxygens (including phenoxy) is 1. The quantitative estimate of drug-likeness (QED) is 0.783. The van der Waals surface area contributed by atoms with Crippen molar-refractivity contribution < 1.29 is 4.74 Å². The molecule has 0 N–H and O–H groups in total. The van der Waals surface area contributed by atoms with E-state index in [0.717, 1.165) is 23.5 Å². The number of rotatable bonds is 5. The van der Waals surface area contributed by atoms with E-state index in [1.165, 1.54) is 19.3 Å². The number of halogens is 1. The molecule has 4 nitrogen and oxygen atoms in total. The van der Waals surface area contributed by atoms with Crippen LogP contribution >= 0.6 is 15.9 Å². The van der Waals surface area contributed by atoms with Gasteiger partial charge in [0.05, 0.1) is 7.11 Å². The lowest BCUT2D eigenvalue weighted by molar-refractivity contribution is 0.377. The number of hydrogen-bond acceptors (Lipinski definition) is 4. The summed E-state index contributed by atoms with van der Waals surface area (Å²) >= 11 is 3.49. The summed E-state index contributed by atoms with van der Waals surface area (Å²) in [6, 6.07) is 2.45. The van der Waals surface area contributed by atoms with Crippen LogP contribution in [0.1, 0.15) is 25.0 Å². The van der Waals surface area contributed by atoms with Crippen LogP contribution in [0.15, 0.2) is 6.07 Å². The lowest BCUT2D eigenvalue weighted by Crippen LogP contribution is -2.42. The number of methoxy groups -OCH3 is 1. The molecule has 0 aliphatic heterocycles. The molecule has 1 saturated carbocycles. The van der Waals surface area contributed by atoms with Crippen LogP contribution in [0.25, 0.3) is 0 Å². The van der Waals surface area contributed by atoms with Gasteiger partial charge in [0.1, 0.15) is 0 Å². The Balaban J connectivity index is 2.24. The summed E-state index contributed by atoms with van der Waals surface area (Å²) in [6.45, 7) is 2.91. The molecule has 0 amide bonds. The Kier molecular flexibility index (Phi) is 4.20. The van der Waals surface area contributed by atoms with E-state index < -0.39 is 0 Å². The van der Waals surface area contributed by atoms with E-state index in [-0.39, 0.29) is 0 Å². The van der Waals surface area contributed by atoms with Gasteiger partial charge in [-0.05, 0) is 26.2 Å². The molecule has 1 aromatic heterocycles. The maximum Gasteiger partial charge on any atom is 0.229 e. The standard InChI is InChI=1S/C12H18BrN3O/c1-9-8-11(17-2)15-12(14-9)16(7-6-13)10-4-3-5-10/h8,10H,3-7H2,1-2H3. The molecule has 1 fully saturated rings. The Bertz CT molecular complexity index is 382. The molecular formula is C12H18BrN3O. The van der Waals surface area contributed by atoms with E-state index >= 15 is 0 Å². The van der Waals surface area contributed by atoms with Crippen LogP contribution in [0, 0.1) is 6.92 Å². The molecule has 1 aliphatic carbocycles. The van der Waals surface area contributed by atoms with Crippen molar-refractivity contribution in [2.45, 2.75) is 32.2 Å². The van der Waals surface area contributed by atoms with Crippen molar-refractivity contribution >= 4 is 21.9 Å². The van der Waals surface area contributed by atoms with Crippen LogP contribution < -0.4 is 9.64 Å². The average Bonchev–Trinajstić information content (AvgIpc) is 2.25. The minimum absolute atomic E-state index is 0.596. The van der Waals surface area contributed by atoms with Crippen molar-refractivity contribution in [2.75, 3.05) is 23.9 Å². The number of hydrogen-bond donors (Lipinski definition) is 0. The van der Waals surface area contributed by atoms with Crippen LogP contribution in [0.4, 0.5) is 5.95 Å². The fraction of sp³-hybridized carbons (Fsp3) is 0.667. The second kappa shape index (κ2) is 5.67. The molecule has 1 aromatic rings. The second-order valence-corrected chi connectivity index (χ2v) is 5.11. The van der Waals surface area contributed by atoms with Gasteiger partial charge in [-0.3, -0.25) is 0 Å². The molecule has 0 radical (unpaired) electrons. The van der Waals surface area contributed by atoms with Gasteiger partial charge in [0, 0.05) is 29.7 Å². The zero-order chi connectivity index (χ0) is 12.3. The van der Waals surface area contributed by atoms with Gasteiger partial charge in [0.2, 0.25) is 11.8 Å². The number of aryl methyl sites for hydroxylation is 1. The Hall–Kier alpha value is -0.840. The van der Waals surface area contributed by atoms with Gasteiger partial charge in [-0.25, -0.2) is 4.98 Å². The summed E-state index contributed by atoms with van der Waals surface area (Å²) in [5.41, 5.74) is 0.950. The van der Waals surface area contributed by atoms with Gasteiger partial charge in [-0.2, -0.15) is 4.98 Å². The number of anilines is 1. The van der Waals surface area contributed by atoms with Crippen LogP contribution in [0.3, 0.4) is 0 Å². The maximum atomic E-state index is 5.21. The van der Waals surface area contributed by atoms with Crippen molar-refractivity contribution in [3.8, 4) is 5.88 Å². The smallest absolute Gasteiger partial charge is 0.229 e. The first-order valence-corrected chi connectivity index (χ1v) is 7.09. The third-order valence-electron chi connectivity index (χ3n) is 3.13. The van der Waals surface area contributed by atoms with Crippen molar-refractivity contribution in [1.82, 2.24) is 9.97 Å². The van der Waals surface area contributed by atoms with Gasteiger partial charge in [-0.15, -0.1) is 0 Å². The molecule has 0 spiro atoms. The van der Waals surface area contributed by atoms with E-state index in [1.807, 2.05) is 13.0 Å². The number of nitrogens with zero attached hydrogens (tertiary/aromatic N) is 3. The normalized spacial score (nSPS) is 15.5. The summed E-state index contributed by atoms with van der Waals surface area (Å²) < 4.78 is 5.21. The highest BCUT2D eigenvalue weighted by Gasteiger charge is 2.26. The van der Waals surface area contributed by atoms with Gasteiger partial charge in [0.25, 0.3) is 0 Å². The molecule has 5 heteroatoms. The van der Waals surface area contributed by atoms with E-state index in [4.69, 9.17) is 4.74 Å². The lowest BCUT2D eigenvalue weighted by Gasteiger charge is -2.37. The second-order valence-electron chi connectivity index (χ2n) is 4.32. The van der Waals surface area contributed by atoms with E-state index in [2.05, 4.69) is 30.8 Å². The molecule has 0 saturated heterocycles. The highest BCUT2D eigenvalue weighted by atomic mass is 79.9. The van der Waals surface area contributed by atoms with Crippen LogP contribution in [-0.2, 0) is 0 Å². The van der Waals surface area contributed by atoms with E-state index in [9.17, 15) is 0 Å². The Morgan fingerprint density at radius 1 is 1.47 bits per heavy atom. The van der Waals surface area contributed by atoms with Crippen molar-refractivity contribution in [2.24, 2.45) is 0 Å². The molecule has 17 heavy (non-hydrogen) atoms. The summed E-state index contributed by atoms with van der Waals surface area (Å²) in [5, 5.41) is 0.934. The average molecular weight is 300 g/mol. The first-order chi connectivity index (χ1) is 8.24. The third kappa shape index (κ3) is 2.89. The van der Waals surface area contributed by atoms with Crippen molar-refractivity contribution in [3.63, 3.8) is 0 Å². The summed E-state index contributed by atoms with van der Waals surface area (Å²) in [4.78, 5) is 11.2. The zero-order valence-electron chi connectivity index (χ0n) is 10.3. The topological polar surface area (TPSA) is 38.2 Å². The molecule has 1 aliphatic rings. The first kappa shape index (κ1) is 12.6. The minimum Gasteiger partial charge on any atom is -0.481 e. The minimum atomic E-state index is 0.596. The molecule has 0 unspecified atom stereocenters. The summed E-state index contributed by atoms with van der Waals surface area (Å²) in [7, 11) is 1.64. The Labute approximate surface area is 111 Å². The predicted octanol–water partition coefficient (Wildman–Crippen LogP) is 2.55. The van der Waals surface area contributed by atoms with E-state index in [1.54, 1.807) is 7.11 Å². The largest absolute Gasteiger partial charge is 0.481 e. The van der Waals surface area contributed by atoms with Crippen LogP contribution in [0.5, 0.6) is 5.88 Å². The third-order valence-corrected chi connectivity index (χ3v) is 3.48. The molecule has 0 bridgehead atoms. The molecule has 0 atom stereocenters. The van der Waals surface area contributed by atoms with Gasteiger partial charge in [0.15, 0.2) is 0 Å². The van der Waals surface area contributed by atoms with Gasteiger partial charge in [-0.1, -0.05) is 15.9 Å². The van der Waals surface area contributed by atoms with Crippen LogP contribution in [0.2, 0.25) is 0 Å². The fourth-order valence-electron chi connectivity index (χ4n) is 1.99. The molecular weight excluding hydrogens is 282 g/mol.